The van der Waals surface area contributed by atoms with Gasteiger partial charge in [0.15, 0.2) is 4.34 Å². The van der Waals surface area contributed by atoms with Gasteiger partial charge in [-0.3, -0.25) is 10.1 Å². The Morgan fingerprint density at radius 2 is 1.96 bits per heavy atom. The van der Waals surface area contributed by atoms with Crippen LogP contribution in [0.4, 0.5) is 25.7 Å². The number of rotatable bonds is 6. The first-order valence-corrected chi connectivity index (χ1v) is 9.95. The van der Waals surface area contributed by atoms with E-state index in [4.69, 9.17) is 0 Å². The minimum atomic E-state index is -0.797. The topological polar surface area (TPSA) is 96.0 Å². The molecule has 7 nitrogen and oxygen atoms in total. The van der Waals surface area contributed by atoms with Crippen LogP contribution >= 0.6 is 23.1 Å². The third kappa shape index (κ3) is 5.76. The Hall–Kier alpha value is -2.98. The van der Waals surface area contributed by atoms with Crippen molar-refractivity contribution in [1.29, 1.82) is 0 Å². The van der Waals surface area contributed by atoms with Crippen molar-refractivity contribution in [3.63, 3.8) is 0 Å². The molecule has 3 aromatic rings. The van der Waals surface area contributed by atoms with Gasteiger partial charge in [0.2, 0.25) is 11.0 Å². The fourth-order valence-electron chi connectivity index (χ4n) is 2.17. The lowest BCUT2D eigenvalue weighted by Gasteiger charge is -2.06. The van der Waals surface area contributed by atoms with Crippen molar-refractivity contribution in [1.82, 2.24) is 15.5 Å². The molecule has 0 saturated heterocycles. The van der Waals surface area contributed by atoms with Crippen LogP contribution in [0, 0.1) is 12.7 Å². The SMILES string of the molecule is Cc1cccc(Nc2nnc(SCC(=O)NC(=O)Nc3ccccc3F)s2)c1. The van der Waals surface area contributed by atoms with Crippen molar-refractivity contribution >= 4 is 51.5 Å². The lowest BCUT2D eigenvalue weighted by atomic mass is 10.2. The Morgan fingerprint density at radius 3 is 2.75 bits per heavy atom. The number of carbonyl (C=O) groups excluding carboxylic acids is 2. The lowest BCUT2D eigenvalue weighted by Crippen LogP contribution is -2.35. The minimum Gasteiger partial charge on any atom is -0.330 e. The van der Waals surface area contributed by atoms with Gasteiger partial charge in [-0.05, 0) is 36.8 Å². The number of hydrogen-bond acceptors (Lipinski definition) is 7. The van der Waals surface area contributed by atoms with Gasteiger partial charge in [-0.25, -0.2) is 9.18 Å². The number of anilines is 3. The number of aryl methyl sites for hydroxylation is 1. The molecule has 0 fully saturated rings. The first kappa shape index (κ1) is 19.8. The number of carbonyl (C=O) groups is 2. The number of amides is 3. The van der Waals surface area contributed by atoms with Crippen molar-refractivity contribution < 1.29 is 14.0 Å². The molecule has 0 unspecified atom stereocenters. The number of imide groups is 1. The molecule has 0 atom stereocenters. The van der Waals surface area contributed by atoms with Crippen LogP contribution in [-0.2, 0) is 4.79 Å². The summed E-state index contributed by atoms with van der Waals surface area (Å²) in [6.07, 6.45) is 0. The third-order valence-electron chi connectivity index (χ3n) is 3.38. The standard InChI is InChI=1S/C18H16FN5O2S2/c1-11-5-4-6-12(9-11)20-17-23-24-18(28-17)27-10-15(25)22-16(26)21-14-8-3-2-7-13(14)19/h2-9H,10H2,1H3,(H,20,23)(H2,21,22,25,26). The molecule has 1 aromatic heterocycles. The number of thioether (sulfide) groups is 1. The van der Waals surface area contributed by atoms with Gasteiger partial charge < -0.3 is 10.6 Å². The third-order valence-corrected chi connectivity index (χ3v) is 5.35. The van der Waals surface area contributed by atoms with E-state index in [0.717, 1.165) is 23.0 Å². The fraction of sp³-hybridized carbons (Fsp3) is 0.111. The maximum absolute atomic E-state index is 13.5. The van der Waals surface area contributed by atoms with Gasteiger partial charge in [0, 0.05) is 5.69 Å². The molecular formula is C18H16FN5O2S2. The largest absolute Gasteiger partial charge is 0.330 e. The summed E-state index contributed by atoms with van der Waals surface area (Å²) in [5.41, 5.74) is 2.01. The number of aromatic nitrogens is 2. The van der Waals surface area contributed by atoms with E-state index in [9.17, 15) is 14.0 Å². The van der Waals surface area contributed by atoms with Crippen LogP contribution in [0.15, 0.2) is 52.9 Å². The van der Waals surface area contributed by atoms with Crippen LogP contribution in [0.1, 0.15) is 5.56 Å². The Labute approximate surface area is 168 Å². The maximum Gasteiger partial charge on any atom is 0.325 e. The van der Waals surface area contributed by atoms with Gasteiger partial charge in [0.05, 0.1) is 11.4 Å². The predicted molar refractivity (Wildman–Crippen MR) is 109 cm³/mol. The average Bonchev–Trinajstić information content (AvgIpc) is 3.09. The zero-order valence-electron chi connectivity index (χ0n) is 14.7. The number of nitrogens with zero attached hydrogens (tertiary/aromatic N) is 2. The van der Waals surface area contributed by atoms with Crippen molar-refractivity contribution in [3.8, 4) is 0 Å². The smallest absolute Gasteiger partial charge is 0.325 e. The maximum atomic E-state index is 13.5. The Kier molecular flexibility index (Phi) is 6.56. The summed E-state index contributed by atoms with van der Waals surface area (Å²) in [4.78, 5) is 23.7. The van der Waals surface area contributed by atoms with Crippen molar-refractivity contribution in [2.24, 2.45) is 0 Å². The summed E-state index contributed by atoms with van der Waals surface area (Å²) in [6, 6.07) is 12.7. The van der Waals surface area contributed by atoms with E-state index >= 15 is 0 Å². The van der Waals surface area contributed by atoms with Crippen LogP contribution in [0.5, 0.6) is 0 Å². The molecule has 0 bridgehead atoms. The number of urea groups is 1. The number of nitrogens with one attached hydrogen (secondary N) is 3. The molecule has 3 rings (SSSR count). The molecule has 0 saturated carbocycles. The monoisotopic (exact) mass is 417 g/mol. The Balaban J connectivity index is 1.46. The first-order valence-electron chi connectivity index (χ1n) is 8.15. The summed E-state index contributed by atoms with van der Waals surface area (Å²) in [7, 11) is 0. The van der Waals surface area contributed by atoms with E-state index in [-0.39, 0.29) is 11.4 Å². The van der Waals surface area contributed by atoms with E-state index in [0.29, 0.717) is 9.47 Å². The average molecular weight is 417 g/mol. The lowest BCUT2D eigenvalue weighted by molar-refractivity contribution is -0.117. The first-order chi connectivity index (χ1) is 13.5. The summed E-state index contributed by atoms with van der Waals surface area (Å²) in [5, 5.41) is 16.2. The molecule has 0 spiro atoms. The number of hydrogen-bond donors (Lipinski definition) is 3. The van der Waals surface area contributed by atoms with Crippen LogP contribution < -0.4 is 16.0 Å². The van der Waals surface area contributed by atoms with Crippen LogP contribution in [0.3, 0.4) is 0 Å². The number of para-hydroxylation sites is 1. The molecule has 0 aliphatic carbocycles. The normalized spacial score (nSPS) is 10.4. The molecule has 0 aliphatic heterocycles. The van der Waals surface area contributed by atoms with E-state index in [1.807, 2.05) is 31.2 Å². The van der Waals surface area contributed by atoms with E-state index < -0.39 is 17.8 Å². The zero-order valence-corrected chi connectivity index (χ0v) is 16.4. The van der Waals surface area contributed by atoms with E-state index in [1.54, 1.807) is 6.07 Å². The van der Waals surface area contributed by atoms with Gasteiger partial charge in [0.1, 0.15) is 5.82 Å². The van der Waals surface area contributed by atoms with Crippen molar-refractivity contribution in [3.05, 3.63) is 59.9 Å². The molecule has 0 radical (unpaired) electrons. The van der Waals surface area contributed by atoms with Crippen LogP contribution in [0.2, 0.25) is 0 Å². The fourth-order valence-corrected chi connectivity index (χ4v) is 3.74. The second-order valence-corrected chi connectivity index (χ2v) is 7.84. The summed E-state index contributed by atoms with van der Waals surface area (Å²) in [6.45, 7) is 1.99. The van der Waals surface area contributed by atoms with Crippen LogP contribution in [0.25, 0.3) is 0 Å². The summed E-state index contributed by atoms with van der Waals surface area (Å²) < 4.78 is 14.1. The second kappa shape index (κ2) is 9.29. The highest BCUT2D eigenvalue weighted by Gasteiger charge is 2.12. The number of halogens is 1. The Morgan fingerprint density at radius 1 is 1.14 bits per heavy atom. The Bertz CT molecular complexity index is 995. The van der Waals surface area contributed by atoms with Gasteiger partial charge in [-0.2, -0.15) is 0 Å². The molecule has 2 aromatic carbocycles. The van der Waals surface area contributed by atoms with E-state index in [1.165, 1.54) is 29.5 Å². The highest BCUT2D eigenvalue weighted by Crippen LogP contribution is 2.27. The molecule has 28 heavy (non-hydrogen) atoms. The van der Waals surface area contributed by atoms with Gasteiger partial charge >= 0.3 is 6.03 Å². The highest BCUT2D eigenvalue weighted by atomic mass is 32.2. The van der Waals surface area contributed by atoms with E-state index in [2.05, 4.69) is 26.1 Å². The van der Waals surface area contributed by atoms with Gasteiger partial charge in [0.25, 0.3) is 0 Å². The molecule has 144 valence electrons. The van der Waals surface area contributed by atoms with Gasteiger partial charge in [-0.1, -0.05) is 47.4 Å². The van der Waals surface area contributed by atoms with Crippen molar-refractivity contribution in [2.75, 3.05) is 16.4 Å². The molecular weight excluding hydrogens is 401 g/mol. The molecule has 1 heterocycles. The highest BCUT2D eigenvalue weighted by molar-refractivity contribution is 8.01. The van der Waals surface area contributed by atoms with Crippen LogP contribution in [-0.4, -0.2) is 27.9 Å². The number of benzene rings is 2. The molecule has 0 aliphatic rings. The molecule has 10 heteroatoms. The summed E-state index contributed by atoms with van der Waals surface area (Å²) in [5.74, 6) is -1.13. The second-order valence-electron chi connectivity index (χ2n) is 5.64. The minimum absolute atomic E-state index is 0.00329. The van der Waals surface area contributed by atoms with Gasteiger partial charge in [-0.15, -0.1) is 10.2 Å². The molecule has 3 N–H and O–H groups in total. The molecule has 3 amide bonds. The van der Waals surface area contributed by atoms with Crippen molar-refractivity contribution in [2.45, 2.75) is 11.3 Å². The quantitative estimate of drug-likeness (QED) is 0.521. The summed E-state index contributed by atoms with van der Waals surface area (Å²) >= 11 is 2.45. The predicted octanol–water partition coefficient (Wildman–Crippen LogP) is 4.17. The zero-order chi connectivity index (χ0) is 19.9.